The van der Waals surface area contributed by atoms with Gasteiger partial charge in [0.15, 0.2) is 12.4 Å². The first kappa shape index (κ1) is 23.0. The predicted octanol–water partition coefficient (Wildman–Crippen LogP) is 4.41. The molecular formula is C23H18BrNO7. The summed E-state index contributed by atoms with van der Waals surface area (Å²) in [5.74, 6) is -1.79. The molecular weight excluding hydrogens is 482 g/mol. The summed E-state index contributed by atoms with van der Waals surface area (Å²) in [6.07, 6.45) is 1.13. The Balaban J connectivity index is 1.39. The molecule has 8 nitrogen and oxygen atoms in total. The van der Waals surface area contributed by atoms with E-state index in [1.54, 1.807) is 30.3 Å². The SMILES string of the molecule is O=C(CCC(=O)OCC(=O)c1ccc(OC(=O)c2ccco2)cc1)Nc1ccc(Br)cc1. The molecule has 0 bridgehead atoms. The molecule has 0 aliphatic rings. The van der Waals surface area contributed by atoms with E-state index in [-0.39, 0.29) is 35.8 Å². The zero-order chi connectivity index (χ0) is 22.9. The number of carbonyl (C=O) groups is 4. The van der Waals surface area contributed by atoms with Crippen molar-refractivity contribution >= 4 is 45.2 Å². The molecule has 9 heteroatoms. The molecule has 1 N–H and O–H groups in total. The van der Waals surface area contributed by atoms with Crippen LogP contribution in [0.5, 0.6) is 5.75 Å². The van der Waals surface area contributed by atoms with E-state index in [0.717, 1.165) is 4.47 Å². The summed E-state index contributed by atoms with van der Waals surface area (Å²) in [6, 6.07) is 15.8. The van der Waals surface area contributed by atoms with Gasteiger partial charge in [-0.25, -0.2) is 4.79 Å². The molecule has 0 spiro atoms. The highest BCUT2D eigenvalue weighted by Crippen LogP contribution is 2.16. The fraction of sp³-hybridized carbons (Fsp3) is 0.130. The number of hydrogen-bond donors (Lipinski definition) is 1. The van der Waals surface area contributed by atoms with Gasteiger partial charge in [-0.2, -0.15) is 0 Å². The number of nitrogens with one attached hydrogen (secondary N) is 1. The Morgan fingerprint density at radius 2 is 1.62 bits per heavy atom. The number of furan rings is 1. The van der Waals surface area contributed by atoms with Gasteiger partial charge in [0.2, 0.25) is 11.7 Å². The summed E-state index contributed by atoms with van der Waals surface area (Å²) in [5.41, 5.74) is 0.892. The summed E-state index contributed by atoms with van der Waals surface area (Å²) in [6.45, 7) is -0.460. The molecule has 0 saturated heterocycles. The van der Waals surface area contributed by atoms with E-state index in [0.29, 0.717) is 5.69 Å². The highest BCUT2D eigenvalue weighted by molar-refractivity contribution is 9.10. The van der Waals surface area contributed by atoms with Gasteiger partial charge in [-0.05, 0) is 60.7 Å². The minimum Gasteiger partial charge on any atom is -0.457 e. The lowest BCUT2D eigenvalue weighted by molar-refractivity contribution is -0.143. The maximum atomic E-state index is 12.2. The van der Waals surface area contributed by atoms with Gasteiger partial charge in [-0.3, -0.25) is 14.4 Å². The van der Waals surface area contributed by atoms with Gasteiger partial charge >= 0.3 is 11.9 Å². The van der Waals surface area contributed by atoms with Crippen molar-refractivity contribution in [1.29, 1.82) is 0 Å². The van der Waals surface area contributed by atoms with Crippen molar-refractivity contribution in [3.63, 3.8) is 0 Å². The fourth-order valence-electron chi connectivity index (χ4n) is 2.53. The van der Waals surface area contributed by atoms with Crippen LogP contribution in [0.2, 0.25) is 0 Å². The third-order valence-corrected chi connectivity index (χ3v) is 4.69. The fourth-order valence-corrected chi connectivity index (χ4v) is 2.80. The zero-order valence-corrected chi connectivity index (χ0v) is 18.3. The first-order chi connectivity index (χ1) is 15.4. The van der Waals surface area contributed by atoms with Gasteiger partial charge in [0.25, 0.3) is 0 Å². The number of ketones is 1. The Bertz CT molecular complexity index is 1090. The van der Waals surface area contributed by atoms with Gasteiger partial charge < -0.3 is 19.2 Å². The average molecular weight is 500 g/mol. The van der Waals surface area contributed by atoms with Crippen LogP contribution in [0.4, 0.5) is 5.69 Å². The molecule has 1 aromatic heterocycles. The number of rotatable bonds is 9. The second-order valence-electron chi connectivity index (χ2n) is 6.53. The van der Waals surface area contributed by atoms with E-state index in [1.165, 1.54) is 36.6 Å². The lowest BCUT2D eigenvalue weighted by atomic mass is 10.1. The number of esters is 2. The Morgan fingerprint density at radius 1 is 0.906 bits per heavy atom. The number of ether oxygens (including phenoxy) is 2. The van der Waals surface area contributed by atoms with Crippen molar-refractivity contribution in [2.24, 2.45) is 0 Å². The molecule has 0 atom stereocenters. The third kappa shape index (κ3) is 6.92. The van der Waals surface area contributed by atoms with Gasteiger partial charge in [-0.15, -0.1) is 0 Å². The number of hydrogen-bond acceptors (Lipinski definition) is 7. The van der Waals surface area contributed by atoms with Gasteiger partial charge in [0, 0.05) is 22.1 Å². The summed E-state index contributed by atoms with van der Waals surface area (Å²) in [7, 11) is 0. The van der Waals surface area contributed by atoms with E-state index >= 15 is 0 Å². The lowest BCUT2D eigenvalue weighted by Crippen LogP contribution is -2.17. The van der Waals surface area contributed by atoms with Crippen LogP contribution in [0.25, 0.3) is 0 Å². The molecule has 0 aliphatic heterocycles. The average Bonchev–Trinajstić information content (AvgIpc) is 3.33. The molecule has 3 aromatic rings. The summed E-state index contributed by atoms with van der Waals surface area (Å²) in [5, 5.41) is 2.67. The van der Waals surface area contributed by atoms with Gasteiger partial charge in [0.1, 0.15) is 5.75 Å². The number of carbonyl (C=O) groups excluding carboxylic acids is 4. The van der Waals surface area contributed by atoms with Crippen LogP contribution < -0.4 is 10.1 Å². The van der Waals surface area contributed by atoms with E-state index in [4.69, 9.17) is 13.9 Å². The van der Waals surface area contributed by atoms with Crippen molar-refractivity contribution in [3.05, 3.63) is 82.7 Å². The van der Waals surface area contributed by atoms with E-state index in [1.807, 2.05) is 0 Å². The monoisotopic (exact) mass is 499 g/mol. The number of Topliss-reactive ketones (excluding diaryl/α,β-unsaturated/α-hetero) is 1. The molecule has 164 valence electrons. The Kier molecular flexibility index (Phi) is 7.93. The molecule has 0 radical (unpaired) electrons. The Hall–Kier alpha value is -3.72. The zero-order valence-electron chi connectivity index (χ0n) is 16.7. The largest absolute Gasteiger partial charge is 0.457 e. The van der Waals surface area contributed by atoms with Crippen molar-refractivity contribution in [3.8, 4) is 5.75 Å². The quantitative estimate of drug-likeness (QED) is 0.263. The van der Waals surface area contributed by atoms with Crippen LogP contribution in [0, 0.1) is 0 Å². The number of anilines is 1. The molecule has 1 amide bonds. The molecule has 32 heavy (non-hydrogen) atoms. The Morgan fingerprint density at radius 3 is 2.28 bits per heavy atom. The standard InChI is InChI=1S/C23H18BrNO7/c24-16-5-7-17(8-6-16)25-21(27)11-12-22(28)31-14-19(26)15-3-9-18(10-4-15)32-23(29)20-2-1-13-30-20/h1-10,13H,11-12,14H2,(H,25,27). The third-order valence-electron chi connectivity index (χ3n) is 4.16. The number of halogens is 1. The number of benzene rings is 2. The van der Waals surface area contributed by atoms with Gasteiger partial charge in [-0.1, -0.05) is 15.9 Å². The molecule has 0 fully saturated rings. The first-order valence-corrected chi connectivity index (χ1v) is 10.3. The highest BCUT2D eigenvalue weighted by atomic mass is 79.9. The van der Waals surface area contributed by atoms with Crippen molar-refractivity contribution < 1.29 is 33.1 Å². The van der Waals surface area contributed by atoms with Gasteiger partial charge in [0.05, 0.1) is 12.7 Å². The molecule has 0 saturated carbocycles. The van der Waals surface area contributed by atoms with Crippen molar-refractivity contribution in [1.82, 2.24) is 0 Å². The van der Waals surface area contributed by atoms with Crippen LogP contribution in [0.15, 0.2) is 75.8 Å². The smallest absolute Gasteiger partial charge is 0.379 e. The van der Waals surface area contributed by atoms with Crippen LogP contribution in [-0.2, 0) is 14.3 Å². The molecule has 3 rings (SSSR count). The predicted molar refractivity (Wildman–Crippen MR) is 117 cm³/mol. The second-order valence-corrected chi connectivity index (χ2v) is 7.45. The lowest BCUT2D eigenvalue weighted by Gasteiger charge is -2.07. The van der Waals surface area contributed by atoms with Crippen LogP contribution in [-0.4, -0.2) is 30.2 Å². The van der Waals surface area contributed by atoms with Crippen molar-refractivity contribution in [2.75, 3.05) is 11.9 Å². The molecule has 1 heterocycles. The van der Waals surface area contributed by atoms with E-state index in [2.05, 4.69) is 21.2 Å². The summed E-state index contributed by atoms with van der Waals surface area (Å²) in [4.78, 5) is 47.8. The van der Waals surface area contributed by atoms with Crippen LogP contribution in [0.1, 0.15) is 33.8 Å². The topological polar surface area (TPSA) is 112 Å². The molecule has 0 aliphatic carbocycles. The summed E-state index contributed by atoms with van der Waals surface area (Å²) < 4.78 is 15.9. The van der Waals surface area contributed by atoms with E-state index < -0.39 is 24.3 Å². The first-order valence-electron chi connectivity index (χ1n) is 9.51. The second kappa shape index (κ2) is 11.1. The maximum Gasteiger partial charge on any atom is 0.379 e. The summed E-state index contributed by atoms with van der Waals surface area (Å²) >= 11 is 3.30. The van der Waals surface area contributed by atoms with Crippen LogP contribution in [0.3, 0.4) is 0 Å². The number of amides is 1. The maximum absolute atomic E-state index is 12.2. The highest BCUT2D eigenvalue weighted by Gasteiger charge is 2.14. The van der Waals surface area contributed by atoms with Crippen molar-refractivity contribution in [2.45, 2.75) is 12.8 Å². The Labute approximate surface area is 191 Å². The minimum absolute atomic E-state index is 0.0580. The van der Waals surface area contributed by atoms with Crippen LogP contribution >= 0.6 is 15.9 Å². The minimum atomic E-state index is -0.660. The normalized spacial score (nSPS) is 10.3. The molecule has 2 aromatic carbocycles. The van der Waals surface area contributed by atoms with E-state index in [9.17, 15) is 19.2 Å². The molecule has 0 unspecified atom stereocenters.